The average Bonchev–Trinajstić information content (AvgIpc) is 2.05. The molecule has 5 N–H and O–H groups in total. The zero-order valence-corrected chi connectivity index (χ0v) is 8.20. The lowest BCUT2D eigenvalue weighted by Gasteiger charge is -2.22. The molecule has 0 radical (unpaired) electrons. The summed E-state index contributed by atoms with van der Waals surface area (Å²) in [5.41, 5.74) is 10.3. The Hall–Kier alpha value is -0.610. The molecule has 0 saturated heterocycles. The summed E-state index contributed by atoms with van der Waals surface area (Å²) < 4.78 is 0. The normalized spacial score (nSPS) is 27.3. The first kappa shape index (κ1) is 12.4. The third kappa shape index (κ3) is 7.74. The fourth-order valence-electron chi connectivity index (χ4n) is 1.48. The molecule has 0 amide bonds. The highest BCUT2D eigenvalue weighted by molar-refractivity contribution is 5.68. The first-order chi connectivity index (χ1) is 6.06. The molecule has 1 saturated carbocycles. The van der Waals surface area contributed by atoms with Gasteiger partial charge in [-0.05, 0) is 18.8 Å². The zero-order valence-electron chi connectivity index (χ0n) is 8.20. The van der Waals surface area contributed by atoms with E-state index in [-0.39, 0.29) is 6.54 Å². The van der Waals surface area contributed by atoms with Gasteiger partial charge in [-0.2, -0.15) is 0 Å². The average molecular weight is 188 g/mol. The zero-order chi connectivity index (χ0) is 10.3. The van der Waals surface area contributed by atoms with E-state index in [1.165, 1.54) is 25.7 Å². The monoisotopic (exact) mass is 188 g/mol. The molecule has 2 atom stereocenters. The van der Waals surface area contributed by atoms with Crippen molar-refractivity contribution in [3.05, 3.63) is 0 Å². The molecule has 1 aliphatic carbocycles. The van der Waals surface area contributed by atoms with Gasteiger partial charge >= 0.3 is 5.97 Å². The minimum absolute atomic E-state index is 0.278. The van der Waals surface area contributed by atoms with Gasteiger partial charge in [-0.1, -0.05) is 19.8 Å². The summed E-state index contributed by atoms with van der Waals surface area (Å²) in [6, 6.07) is 0.513. The van der Waals surface area contributed by atoms with Crippen molar-refractivity contribution in [2.45, 2.75) is 38.6 Å². The SMILES string of the molecule is CC1CCCC(N)C1.NCC(=O)O. The quantitative estimate of drug-likeness (QED) is 0.560. The van der Waals surface area contributed by atoms with Gasteiger partial charge in [0.25, 0.3) is 0 Å². The van der Waals surface area contributed by atoms with E-state index in [4.69, 9.17) is 10.8 Å². The molecule has 4 heteroatoms. The van der Waals surface area contributed by atoms with Crippen molar-refractivity contribution in [1.29, 1.82) is 0 Å². The Morgan fingerprint density at radius 2 is 2.08 bits per heavy atom. The van der Waals surface area contributed by atoms with Gasteiger partial charge in [-0.25, -0.2) is 0 Å². The summed E-state index contributed by atoms with van der Waals surface area (Å²) >= 11 is 0. The fraction of sp³-hybridized carbons (Fsp3) is 0.889. The van der Waals surface area contributed by atoms with E-state index in [1.54, 1.807) is 0 Å². The second-order valence-electron chi connectivity index (χ2n) is 3.63. The summed E-state index contributed by atoms with van der Waals surface area (Å²) in [6.07, 6.45) is 5.25. The first-order valence-corrected chi connectivity index (χ1v) is 4.73. The molecule has 0 heterocycles. The second kappa shape index (κ2) is 6.86. The second-order valence-corrected chi connectivity index (χ2v) is 3.63. The Balaban J connectivity index is 0.000000252. The van der Waals surface area contributed by atoms with Crippen LogP contribution in [0.2, 0.25) is 0 Å². The molecule has 1 fully saturated rings. The standard InChI is InChI=1S/C7H15N.C2H5NO2/c1-6-3-2-4-7(8)5-6;3-1-2(4)5/h6-7H,2-5,8H2,1H3;1,3H2,(H,4,5). The number of carbonyl (C=O) groups is 1. The minimum atomic E-state index is -0.968. The Bertz CT molecular complexity index is 143. The van der Waals surface area contributed by atoms with E-state index < -0.39 is 5.97 Å². The molecular weight excluding hydrogens is 168 g/mol. The first-order valence-electron chi connectivity index (χ1n) is 4.73. The third-order valence-corrected chi connectivity index (χ3v) is 2.15. The van der Waals surface area contributed by atoms with E-state index >= 15 is 0 Å². The molecule has 0 bridgehead atoms. The van der Waals surface area contributed by atoms with Gasteiger partial charge in [0.15, 0.2) is 0 Å². The van der Waals surface area contributed by atoms with E-state index in [9.17, 15) is 4.79 Å². The van der Waals surface area contributed by atoms with Crippen LogP contribution >= 0.6 is 0 Å². The predicted molar refractivity (Wildman–Crippen MR) is 52.3 cm³/mol. The van der Waals surface area contributed by atoms with Gasteiger partial charge < -0.3 is 16.6 Å². The number of carboxylic acids is 1. The number of hydrogen-bond acceptors (Lipinski definition) is 3. The molecule has 0 aromatic heterocycles. The highest BCUT2D eigenvalue weighted by atomic mass is 16.4. The molecule has 0 aliphatic heterocycles. The van der Waals surface area contributed by atoms with Crippen LogP contribution in [0.3, 0.4) is 0 Å². The van der Waals surface area contributed by atoms with Gasteiger partial charge in [-0.3, -0.25) is 4.79 Å². The Labute approximate surface area is 79.3 Å². The molecule has 78 valence electrons. The van der Waals surface area contributed by atoms with Crippen LogP contribution in [0, 0.1) is 5.92 Å². The minimum Gasteiger partial charge on any atom is -0.480 e. The molecule has 1 rings (SSSR count). The van der Waals surface area contributed by atoms with Gasteiger partial charge in [0.05, 0.1) is 6.54 Å². The Morgan fingerprint density at radius 3 is 2.31 bits per heavy atom. The summed E-state index contributed by atoms with van der Waals surface area (Å²) in [6.45, 7) is 2.01. The molecular formula is C9H20N2O2. The summed E-state index contributed by atoms with van der Waals surface area (Å²) in [4.78, 5) is 9.24. The molecule has 2 unspecified atom stereocenters. The highest BCUT2D eigenvalue weighted by Crippen LogP contribution is 2.21. The highest BCUT2D eigenvalue weighted by Gasteiger charge is 2.13. The summed E-state index contributed by atoms with van der Waals surface area (Å²) in [5.74, 6) is -0.0799. The summed E-state index contributed by atoms with van der Waals surface area (Å²) in [7, 11) is 0. The van der Waals surface area contributed by atoms with E-state index in [0.29, 0.717) is 6.04 Å². The van der Waals surface area contributed by atoms with Crippen LogP contribution in [0.4, 0.5) is 0 Å². The Kier molecular flexibility index (Phi) is 6.54. The van der Waals surface area contributed by atoms with E-state index in [0.717, 1.165) is 5.92 Å². The number of nitrogens with two attached hydrogens (primary N) is 2. The molecule has 13 heavy (non-hydrogen) atoms. The maximum absolute atomic E-state index is 9.24. The largest absolute Gasteiger partial charge is 0.480 e. The smallest absolute Gasteiger partial charge is 0.317 e. The maximum atomic E-state index is 9.24. The van der Waals surface area contributed by atoms with Crippen molar-refractivity contribution in [2.24, 2.45) is 17.4 Å². The fourth-order valence-corrected chi connectivity index (χ4v) is 1.48. The number of carboxylic acid groups (broad SMARTS) is 1. The molecule has 0 aromatic rings. The van der Waals surface area contributed by atoms with Crippen molar-refractivity contribution in [3.63, 3.8) is 0 Å². The molecule has 1 aliphatic rings. The predicted octanol–water partition coefficient (Wildman–Crippen LogP) is 0.554. The lowest BCUT2D eigenvalue weighted by Crippen LogP contribution is -2.26. The van der Waals surface area contributed by atoms with Crippen LogP contribution in [-0.4, -0.2) is 23.7 Å². The van der Waals surface area contributed by atoms with Gasteiger partial charge in [-0.15, -0.1) is 0 Å². The van der Waals surface area contributed by atoms with E-state index in [2.05, 4.69) is 12.7 Å². The van der Waals surface area contributed by atoms with Crippen molar-refractivity contribution in [3.8, 4) is 0 Å². The van der Waals surface area contributed by atoms with Crippen molar-refractivity contribution in [2.75, 3.05) is 6.54 Å². The van der Waals surface area contributed by atoms with Crippen LogP contribution in [0.25, 0.3) is 0 Å². The van der Waals surface area contributed by atoms with Crippen LogP contribution in [0.5, 0.6) is 0 Å². The van der Waals surface area contributed by atoms with Gasteiger partial charge in [0.1, 0.15) is 0 Å². The lowest BCUT2D eigenvalue weighted by molar-refractivity contribution is -0.135. The molecule has 0 aromatic carbocycles. The van der Waals surface area contributed by atoms with Gasteiger partial charge in [0, 0.05) is 6.04 Å². The van der Waals surface area contributed by atoms with E-state index in [1.807, 2.05) is 0 Å². The Morgan fingerprint density at radius 1 is 1.54 bits per heavy atom. The van der Waals surface area contributed by atoms with Crippen LogP contribution in [0.15, 0.2) is 0 Å². The van der Waals surface area contributed by atoms with Gasteiger partial charge in [0.2, 0.25) is 0 Å². The molecule has 4 nitrogen and oxygen atoms in total. The summed E-state index contributed by atoms with van der Waals surface area (Å²) in [5, 5.41) is 7.60. The van der Waals surface area contributed by atoms with Crippen LogP contribution in [0.1, 0.15) is 32.6 Å². The molecule has 0 spiro atoms. The number of aliphatic carboxylic acids is 1. The number of hydrogen-bond donors (Lipinski definition) is 3. The van der Waals surface area contributed by atoms with Crippen LogP contribution in [-0.2, 0) is 4.79 Å². The van der Waals surface area contributed by atoms with Crippen molar-refractivity contribution >= 4 is 5.97 Å². The van der Waals surface area contributed by atoms with Crippen molar-refractivity contribution < 1.29 is 9.90 Å². The topological polar surface area (TPSA) is 89.3 Å². The van der Waals surface area contributed by atoms with Crippen molar-refractivity contribution in [1.82, 2.24) is 0 Å². The number of rotatable bonds is 1. The third-order valence-electron chi connectivity index (χ3n) is 2.15. The lowest BCUT2D eigenvalue weighted by atomic mass is 9.88. The maximum Gasteiger partial charge on any atom is 0.317 e. The van der Waals surface area contributed by atoms with Crippen LogP contribution < -0.4 is 11.5 Å².